The Balaban J connectivity index is 1.58. The van der Waals surface area contributed by atoms with Gasteiger partial charge in [-0.3, -0.25) is 4.90 Å². The van der Waals surface area contributed by atoms with Crippen LogP contribution in [0.4, 0.5) is 5.95 Å². The van der Waals surface area contributed by atoms with Crippen molar-refractivity contribution in [1.29, 1.82) is 0 Å². The molecule has 0 spiro atoms. The van der Waals surface area contributed by atoms with Crippen molar-refractivity contribution >= 4 is 5.95 Å². The summed E-state index contributed by atoms with van der Waals surface area (Å²) in [7, 11) is 0. The van der Waals surface area contributed by atoms with Crippen LogP contribution in [0, 0.1) is 13.8 Å². The molecule has 1 aliphatic rings. The van der Waals surface area contributed by atoms with Gasteiger partial charge in [0.25, 0.3) is 0 Å². The van der Waals surface area contributed by atoms with Crippen molar-refractivity contribution in [1.82, 2.24) is 20.1 Å². The van der Waals surface area contributed by atoms with Crippen LogP contribution in [0.2, 0.25) is 0 Å². The second-order valence-electron chi connectivity index (χ2n) is 5.53. The molecule has 0 amide bonds. The molecule has 0 aliphatic carbocycles. The van der Waals surface area contributed by atoms with Crippen molar-refractivity contribution in [2.24, 2.45) is 0 Å². The lowest BCUT2D eigenvalue weighted by Gasteiger charge is -2.34. The number of hydrogen-bond donors (Lipinski definition) is 0. The summed E-state index contributed by atoms with van der Waals surface area (Å²) in [6, 6.07) is 10.6. The fourth-order valence-electron chi connectivity index (χ4n) is 2.53. The zero-order valence-electron chi connectivity index (χ0n) is 12.7. The largest absolute Gasteiger partial charge is 0.337 e. The molecule has 0 bridgehead atoms. The Kier molecular flexibility index (Phi) is 4.10. The fourth-order valence-corrected chi connectivity index (χ4v) is 2.53. The normalized spacial score (nSPS) is 16.2. The third-order valence-electron chi connectivity index (χ3n) is 3.98. The average Bonchev–Trinajstić information content (AvgIpc) is 2.52. The van der Waals surface area contributed by atoms with E-state index in [1.807, 2.05) is 13.8 Å². The van der Waals surface area contributed by atoms with Gasteiger partial charge in [0.2, 0.25) is 5.95 Å². The number of hydrogen-bond acceptors (Lipinski definition) is 5. The number of aryl methyl sites for hydroxylation is 2. The molecule has 0 N–H and O–H groups in total. The van der Waals surface area contributed by atoms with Crippen LogP contribution in [0.25, 0.3) is 0 Å². The molecule has 3 rings (SSSR count). The van der Waals surface area contributed by atoms with Gasteiger partial charge in [0.1, 0.15) is 0 Å². The highest BCUT2D eigenvalue weighted by Gasteiger charge is 2.19. The van der Waals surface area contributed by atoms with Gasteiger partial charge < -0.3 is 4.90 Å². The average molecular weight is 283 g/mol. The van der Waals surface area contributed by atoms with Crippen molar-refractivity contribution in [3.05, 3.63) is 47.3 Å². The lowest BCUT2D eigenvalue weighted by Crippen LogP contribution is -2.46. The molecule has 0 radical (unpaired) electrons. The van der Waals surface area contributed by atoms with E-state index in [0.717, 1.165) is 50.1 Å². The first-order valence-corrected chi connectivity index (χ1v) is 7.41. The van der Waals surface area contributed by atoms with Crippen molar-refractivity contribution in [3.63, 3.8) is 0 Å². The van der Waals surface area contributed by atoms with Gasteiger partial charge >= 0.3 is 0 Å². The molecule has 0 unspecified atom stereocenters. The molecule has 1 aromatic heterocycles. The van der Waals surface area contributed by atoms with Crippen LogP contribution in [-0.4, -0.2) is 46.3 Å². The molecule has 1 fully saturated rings. The minimum Gasteiger partial charge on any atom is -0.337 e. The molecule has 0 atom stereocenters. The van der Waals surface area contributed by atoms with Crippen LogP contribution < -0.4 is 4.90 Å². The zero-order chi connectivity index (χ0) is 14.7. The molecule has 2 heterocycles. The van der Waals surface area contributed by atoms with E-state index in [4.69, 9.17) is 0 Å². The van der Waals surface area contributed by atoms with Gasteiger partial charge in [-0.25, -0.2) is 4.98 Å². The van der Waals surface area contributed by atoms with Gasteiger partial charge in [-0.2, -0.15) is 5.10 Å². The molecule has 1 aromatic carbocycles. The summed E-state index contributed by atoms with van der Waals surface area (Å²) in [4.78, 5) is 9.23. The highest BCUT2D eigenvalue weighted by Crippen LogP contribution is 2.13. The first-order valence-electron chi connectivity index (χ1n) is 7.41. The minimum atomic E-state index is 0.762. The third-order valence-corrected chi connectivity index (χ3v) is 3.98. The highest BCUT2D eigenvalue weighted by atomic mass is 15.4. The summed E-state index contributed by atoms with van der Waals surface area (Å²) >= 11 is 0. The number of anilines is 1. The number of rotatable bonds is 3. The first-order chi connectivity index (χ1) is 10.2. The standard InChI is InChI=1S/C16H21N5/c1-13-14(2)18-19-16(17-13)21-10-8-20(9-11-21)12-15-6-4-3-5-7-15/h3-7H,8-12H2,1-2H3. The monoisotopic (exact) mass is 283 g/mol. The lowest BCUT2D eigenvalue weighted by atomic mass is 10.2. The van der Waals surface area contributed by atoms with Gasteiger partial charge in [-0.05, 0) is 19.4 Å². The van der Waals surface area contributed by atoms with Gasteiger partial charge in [0.05, 0.1) is 11.4 Å². The van der Waals surface area contributed by atoms with Crippen molar-refractivity contribution in [2.75, 3.05) is 31.1 Å². The van der Waals surface area contributed by atoms with E-state index in [-0.39, 0.29) is 0 Å². The maximum Gasteiger partial charge on any atom is 0.245 e. The summed E-state index contributed by atoms with van der Waals surface area (Å²) in [6.45, 7) is 8.92. The van der Waals surface area contributed by atoms with E-state index in [2.05, 4.69) is 55.3 Å². The van der Waals surface area contributed by atoms with Crippen LogP contribution >= 0.6 is 0 Å². The second kappa shape index (κ2) is 6.18. The number of piperazine rings is 1. The predicted molar refractivity (Wildman–Crippen MR) is 83.2 cm³/mol. The summed E-state index contributed by atoms with van der Waals surface area (Å²) in [5, 5.41) is 8.39. The van der Waals surface area contributed by atoms with E-state index >= 15 is 0 Å². The molecule has 0 saturated carbocycles. The van der Waals surface area contributed by atoms with Gasteiger partial charge in [0.15, 0.2) is 0 Å². The van der Waals surface area contributed by atoms with Crippen molar-refractivity contribution in [3.8, 4) is 0 Å². The molecule has 2 aromatic rings. The molecule has 21 heavy (non-hydrogen) atoms. The number of nitrogens with zero attached hydrogens (tertiary/aromatic N) is 5. The molecule has 5 nitrogen and oxygen atoms in total. The maximum absolute atomic E-state index is 4.54. The Morgan fingerprint density at radius 3 is 2.29 bits per heavy atom. The molecular weight excluding hydrogens is 262 g/mol. The van der Waals surface area contributed by atoms with E-state index in [1.54, 1.807) is 0 Å². The Morgan fingerprint density at radius 1 is 0.905 bits per heavy atom. The Morgan fingerprint density at radius 2 is 1.62 bits per heavy atom. The summed E-state index contributed by atoms with van der Waals surface area (Å²) in [5.74, 6) is 0.762. The molecule has 110 valence electrons. The summed E-state index contributed by atoms with van der Waals surface area (Å²) < 4.78 is 0. The third kappa shape index (κ3) is 3.36. The van der Waals surface area contributed by atoms with E-state index in [9.17, 15) is 0 Å². The molecule has 1 aliphatic heterocycles. The first kappa shape index (κ1) is 13.9. The number of benzene rings is 1. The maximum atomic E-state index is 4.54. The van der Waals surface area contributed by atoms with Crippen molar-refractivity contribution < 1.29 is 0 Å². The quantitative estimate of drug-likeness (QED) is 0.859. The Hall–Kier alpha value is -2.01. The van der Waals surface area contributed by atoms with E-state index < -0.39 is 0 Å². The van der Waals surface area contributed by atoms with Crippen LogP contribution in [0.15, 0.2) is 30.3 Å². The lowest BCUT2D eigenvalue weighted by molar-refractivity contribution is 0.248. The van der Waals surface area contributed by atoms with Gasteiger partial charge in [0, 0.05) is 32.7 Å². The van der Waals surface area contributed by atoms with Crippen LogP contribution in [0.5, 0.6) is 0 Å². The van der Waals surface area contributed by atoms with Crippen LogP contribution in [0.3, 0.4) is 0 Å². The van der Waals surface area contributed by atoms with Gasteiger partial charge in [-0.15, -0.1) is 5.10 Å². The Labute approximate surface area is 125 Å². The smallest absolute Gasteiger partial charge is 0.245 e. The number of aromatic nitrogens is 3. The topological polar surface area (TPSA) is 45.2 Å². The fraction of sp³-hybridized carbons (Fsp3) is 0.438. The SMILES string of the molecule is Cc1nnc(N2CCN(Cc3ccccc3)CC2)nc1C. The minimum absolute atomic E-state index is 0.762. The van der Waals surface area contributed by atoms with Crippen LogP contribution in [0.1, 0.15) is 17.0 Å². The zero-order valence-corrected chi connectivity index (χ0v) is 12.7. The van der Waals surface area contributed by atoms with Crippen molar-refractivity contribution in [2.45, 2.75) is 20.4 Å². The van der Waals surface area contributed by atoms with E-state index in [1.165, 1.54) is 5.56 Å². The second-order valence-corrected chi connectivity index (χ2v) is 5.53. The molecule has 5 heteroatoms. The Bertz CT molecular complexity index is 591. The van der Waals surface area contributed by atoms with E-state index in [0.29, 0.717) is 0 Å². The summed E-state index contributed by atoms with van der Waals surface area (Å²) in [6.07, 6.45) is 0. The molecular formula is C16H21N5. The predicted octanol–water partition coefficient (Wildman–Crippen LogP) is 1.81. The van der Waals surface area contributed by atoms with Gasteiger partial charge in [-0.1, -0.05) is 30.3 Å². The van der Waals surface area contributed by atoms with Crippen LogP contribution in [-0.2, 0) is 6.54 Å². The molecule has 1 saturated heterocycles. The summed E-state index contributed by atoms with van der Waals surface area (Å²) in [5.41, 5.74) is 3.24. The highest BCUT2D eigenvalue weighted by molar-refractivity contribution is 5.30.